The number of carbonyl (C=O) groups excluding carboxylic acids is 1. The van der Waals surface area contributed by atoms with E-state index in [1.54, 1.807) is 0 Å². The fraction of sp³-hybridized carbons (Fsp3) is 0.308. The van der Waals surface area contributed by atoms with Crippen LogP contribution in [0.15, 0.2) is 52.0 Å². The highest BCUT2D eigenvalue weighted by molar-refractivity contribution is 5.96. The first kappa shape index (κ1) is 11.5. The van der Waals surface area contributed by atoms with Gasteiger partial charge < -0.3 is 5.11 Å². The minimum Gasteiger partial charge on any atom is -0.510 e. The van der Waals surface area contributed by atoms with Gasteiger partial charge >= 0.3 is 0 Å². The molecule has 2 rings (SSSR count). The van der Waals surface area contributed by atoms with Crippen LogP contribution < -0.4 is 0 Å². The molecule has 4 heteroatoms. The van der Waals surface area contributed by atoms with Crippen LogP contribution in [-0.4, -0.2) is 17.9 Å². The molecule has 0 heterocycles. The van der Waals surface area contributed by atoms with Gasteiger partial charge in [0.25, 0.3) is 0 Å². The number of aliphatic hydroxyl groups excluding tert-OH is 1. The Hall–Kier alpha value is -1.97. The first-order valence-corrected chi connectivity index (χ1v) is 5.52. The van der Waals surface area contributed by atoms with Crippen molar-refractivity contribution >= 4 is 5.78 Å². The number of carbonyl (C=O) groups is 1. The lowest BCUT2D eigenvalue weighted by Gasteiger charge is -2.21. The largest absolute Gasteiger partial charge is 0.510 e. The monoisotopic (exact) mass is 230 g/mol. The number of aliphatic hydroxyl groups is 1. The van der Waals surface area contributed by atoms with Crippen LogP contribution in [0, 0.1) is 0 Å². The molecule has 1 aliphatic rings. The van der Waals surface area contributed by atoms with Gasteiger partial charge in [0.1, 0.15) is 5.76 Å². The molecule has 0 fully saturated rings. The molecular formula is C13H14N2O2. The number of nitrogens with zero attached hydrogens (tertiary/aromatic N) is 2. The Bertz CT molecular complexity index is 477. The molecule has 0 bridgehead atoms. The summed E-state index contributed by atoms with van der Waals surface area (Å²) in [5, 5.41) is 17.0. The van der Waals surface area contributed by atoms with Gasteiger partial charge in [-0.3, -0.25) is 4.79 Å². The number of allylic oxidation sites excluding steroid dienone is 2. The van der Waals surface area contributed by atoms with Crippen LogP contribution in [-0.2, 0) is 4.79 Å². The number of benzene rings is 1. The summed E-state index contributed by atoms with van der Waals surface area (Å²) in [4.78, 5) is 11.8. The summed E-state index contributed by atoms with van der Waals surface area (Å²) in [6.07, 6.45) is 0.826. The van der Waals surface area contributed by atoms with E-state index in [-0.39, 0.29) is 23.2 Å². The van der Waals surface area contributed by atoms with E-state index in [0.717, 1.165) is 5.56 Å². The van der Waals surface area contributed by atoms with Crippen LogP contribution in [0.25, 0.3) is 0 Å². The van der Waals surface area contributed by atoms with Crippen LogP contribution in [0.5, 0.6) is 0 Å². The number of Topliss-reactive ketones (excluding diaryl/α,β-unsaturated/α-hetero) is 1. The first-order valence-electron chi connectivity index (χ1n) is 5.52. The van der Waals surface area contributed by atoms with Gasteiger partial charge in [-0.25, -0.2) is 0 Å². The van der Waals surface area contributed by atoms with E-state index in [9.17, 15) is 9.90 Å². The minimum absolute atomic E-state index is 0.0412. The Kier molecular flexibility index (Phi) is 3.32. The summed E-state index contributed by atoms with van der Waals surface area (Å²) in [5.41, 5.74) is 1.18. The second-order valence-electron chi connectivity index (χ2n) is 4.03. The smallest absolute Gasteiger partial charge is 0.187 e. The number of ketones is 1. The van der Waals surface area contributed by atoms with Gasteiger partial charge in [0.2, 0.25) is 0 Å². The molecule has 0 radical (unpaired) electrons. The zero-order valence-electron chi connectivity index (χ0n) is 9.63. The van der Waals surface area contributed by atoms with Gasteiger partial charge in [-0.2, -0.15) is 5.11 Å². The SMILES string of the molecule is CN=NC1=C(O)CC(c2ccccc2)CC1=O. The minimum atomic E-state index is -0.145. The highest BCUT2D eigenvalue weighted by atomic mass is 16.3. The molecule has 1 atom stereocenters. The van der Waals surface area contributed by atoms with Crippen molar-refractivity contribution in [3.63, 3.8) is 0 Å². The summed E-state index contributed by atoms with van der Waals surface area (Å²) in [5.74, 6) is -0.0617. The lowest BCUT2D eigenvalue weighted by atomic mass is 9.85. The highest BCUT2D eigenvalue weighted by Crippen LogP contribution is 2.33. The molecule has 1 N–H and O–H groups in total. The van der Waals surface area contributed by atoms with Crippen molar-refractivity contribution in [3.8, 4) is 0 Å². The number of hydrogen-bond donors (Lipinski definition) is 1. The fourth-order valence-electron chi connectivity index (χ4n) is 2.06. The molecule has 4 nitrogen and oxygen atoms in total. The van der Waals surface area contributed by atoms with E-state index in [4.69, 9.17) is 0 Å². The van der Waals surface area contributed by atoms with E-state index in [0.29, 0.717) is 12.8 Å². The van der Waals surface area contributed by atoms with Crippen molar-refractivity contribution in [1.82, 2.24) is 0 Å². The summed E-state index contributed by atoms with van der Waals surface area (Å²) >= 11 is 0. The highest BCUT2D eigenvalue weighted by Gasteiger charge is 2.28. The van der Waals surface area contributed by atoms with Crippen molar-refractivity contribution in [2.24, 2.45) is 10.2 Å². The van der Waals surface area contributed by atoms with E-state index in [1.807, 2.05) is 30.3 Å². The van der Waals surface area contributed by atoms with Crippen molar-refractivity contribution < 1.29 is 9.90 Å². The molecule has 17 heavy (non-hydrogen) atoms. The zero-order chi connectivity index (χ0) is 12.3. The maximum Gasteiger partial charge on any atom is 0.187 e. The predicted octanol–water partition coefficient (Wildman–Crippen LogP) is 2.98. The summed E-state index contributed by atoms with van der Waals surface area (Å²) < 4.78 is 0. The Morgan fingerprint density at radius 1 is 1.24 bits per heavy atom. The van der Waals surface area contributed by atoms with Crippen molar-refractivity contribution in [2.75, 3.05) is 7.05 Å². The second kappa shape index (κ2) is 4.91. The summed E-state index contributed by atoms with van der Waals surface area (Å²) in [7, 11) is 1.48. The molecule has 0 saturated carbocycles. The Morgan fingerprint density at radius 2 is 1.94 bits per heavy atom. The van der Waals surface area contributed by atoms with E-state index >= 15 is 0 Å². The molecule has 1 aliphatic carbocycles. The zero-order valence-corrected chi connectivity index (χ0v) is 9.63. The maximum absolute atomic E-state index is 11.8. The lowest BCUT2D eigenvalue weighted by Crippen LogP contribution is -2.17. The molecule has 88 valence electrons. The van der Waals surface area contributed by atoms with Gasteiger partial charge in [0, 0.05) is 19.9 Å². The van der Waals surface area contributed by atoms with Crippen LogP contribution in [0.3, 0.4) is 0 Å². The molecule has 0 aliphatic heterocycles. The normalized spacial score (nSPS) is 21.2. The Morgan fingerprint density at radius 3 is 2.53 bits per heavy atom. The molecule has 0 spiro atoms. The third-order valence-corrected chi connectivity index (χ3v) is 2.88. The van der Waals surface area contributed by atoms with Crippen molar-refractivity contribution in [3.05, 3.63) is 47.4 Å². The first-order chi connectivity index (χ1) is 8.22. The average molecular weight is 230 g/mol. The van der Waals surface area contributed by atoms with Gasteiger partial charge in [-0.15, -0.1) is 5.11 Å². The van der Waals surface area contributed by atoms with E-state index in [1.165, 1.54) is 7.05 Å². The van der Waals surface area contributed by atoms with E-state index in [2.05, 4.69) is 10.2 Å². The molecular weight excluding hydrogens is 216 g/mol. The third-order valence-electron chi connectivity index (χ3n) is 2.88. The second-order valence-corrected chi connectivity index (χ2v) is 4.03. The predicted molar refractivity (Wildman–Crippen MR) is 63.9 cm³/mol. The van der Waals surface area contributed by atoms with Crippen LogP contribution in [0.4, 0.5) is 0 Å². The quantitative estimate of drug-likeness (QED) is 0.794. The van der Waals surface area contributed by atoms with Gasteiger partial charge in [0.05, 0.1) is 0 Å². The summed E-state index contributed by atoms with van der Waals surface area (Å²) in [6.45, 7) is 0. The number of rotatable bonds is 2. The molecule has 0 amide bonds. The van der Waals surface area contributed by atoms with Crippen LogP contribution in [0.2, 0.25) is 0 Å². The molecule has 1 aromatic rings. The Balaban J connectivity index is 2.26. The van der Waals surface area contributed by atoms with Crippen LogP contribution >= 0.6 is 0 Å². The van der Waals surface area contributed by atoms with Gasteiger partial charge in [-0.1, -0.05) is 30.3 Å². The molecule has 1 unspecified atom stereocenters. The van der Waals surface area contributed by atoms with Crippen molar-refractivity contribution in [2.45, 2.75) is 18.8 Å². The lowest BCUT2D eigenvalue weighted by molar-refractivity contribution is -0.116. The molecule has 0 saturated heterocycles. The number of hydrogen-bond acceptors (Lipinski definition) is 4. The standard InChI is InChI=1S/C13H14N2O2/c1-14-15-13-11(16)7-10(8-12(13)17)9-5-3-2-4-6-9/h2-6,10,16H,7-8H2,1H3. The van der Waals surface area contributed by atoms with Gasteiger partial charge in [0.15, 0.2) is 11.5 Å². The van der Waals surface area contributed by atoms with Crippen molar-refractivity contribution in [1.29, 1.82) is 0 Å². The maximum atomic E-state index is 11.8. The molecule has 1 aromatic carbocycles. The van der Waals surface area contributed by atoms with E-state index < -0.39 is 0 Å². The average Bonchev–Trinajstić information content (AvgIpc) is 2.35. The Labute approximate surface area is 99.7 Å². The fourth-order valence-corrected chi connectivity index (χ4v) is 2.06. The molecule has 0 aromatic heterocycles. The summed E-state index contributed by atoms with van der Waals surface area (Å²) in [6, 6.07) is 9.74. The topological polar surface area (TPSA) is 62.0 Å². The van der Waals surface area contributed by atoms with Gasteiger partial charge in [-0.05, 0) is 11.5 Å². The van der Waals surface area contributed by atoms with Crippen LogP contribution in [0.1, 0.15) is 24.3 Å². The third kappa shape index (κ3) is 2.41. The number of azo groups is 1.